The highest BCUT2D eigenvalue weighted by molar-refractivity contribution is 5.66. The van der Waals surface area contributed by atoms with E-state index in [1.807, 2.05) is 6.07 Å². The predicted molar refractivity (Wildman–Crippen MR) is 75.5 cm³/mol. The Labute approximate surface area is 114 Å². The molecule has 0 atom stereocenters. The van der Waals surface area contributed by atoms with Gasteiger partial charge in [0.05, 0.1) is 19.9 Å². The molecule has 0 spiro atoms. The fourth-order valence-electron chi connectivity index (χ4n) is 2.69. The summed E-state index contributed by atoms with van der Waals surface area (Å²) in [5.74, 6) is 1.15. The molecular formula is C16H19N2O+. The maximum Gasteiger partial charge on any atom is 0.283 e. The van der Waals surface area contributed by atoms with Crippen molar-refractivity contribution in [3.63, 3.8) is 0 Å². The summed E-state index contributed by atoms with van der Waals surface area (Å²) in [6.07, 6.45) is 3.04. The topological polar surface area (TPSA) is 16.4 Å². The van der Waals surface area contributed by atoms with Gasteiger partial charge in [0.2, 0.25) is 0 Å². The van der Waals surface area contributed by atoms with Crippen LogP contribution in [0, 0.1) is 6.92 Å². The minimum absolute atomic E-state index is 0.607. The molecule has 0 bridgehead atoms. The normalized spacial score (nSPS) is 14.9. The maximum atomic E-state index is 5.77. The zero-order valence-corrected chi connectivity index (χ0v) is 11.5. The van der Waals surface area contributed by atoms with Crippen molar-refractivity contribution in [2.24, 2.45) is 7.05 Å². The van der Waals surface area contributed by atoms with Crippen LogP contribution in [0.25, 0.3) is 0 Å². The number of aromatic nitrogens is 1. The van der Waals surface area contributed by atoms with E-state index in [9.17, 15) is 0 Å². The van der Waals surface area contributed by atoms with Gasteiger partial charge in [-0.3, -0.25) is 0 Å². The molecule has 1 aliphatic rings. The molecule has 1 aromatic carbocycles. The quantitative estimate of drug-likeness (QED) is 0.728. The largest absolute Gasteiger partial charge is 0.341 e. The summed E-state index contributed by atoms with van der Waals surface area (Å²) in [7, 11) is 2.07. The van der Waals surface area contributed by atoms with Crippen LogP contribution >= 0.6 is 0 Å². The number of nitrogens with zero attached hydrogens (tertiary/aromatic N) is 2. The van der Waals surface area contributed by atoms with E-state index in [1.54, 1.807) is 0 Å². The van der Waals surface area contributed by atoms with Crippen LogP contribution in [-0.2, 0) is 18.2 Å². The number of hydrogen-bond donors (Lipinski definition) is 0. The molecule has 98 valence electrons. The molecule has 0 saturated heterocycles. The summed E-state index contributed by atoms with van der Waals surface area (Å²) >= 11 is 0. The number of pyridine rings is 1. The van der Waals surface area contributed by atoms with Crippen molar-refractivity contribution in [3.8, 4) is 0 Å². The standard InChI is InChI=1S/C16H19N2O/c1-13-6-5-7-14-9-11-19-12-18(16(13)14)15-8-3-4-10-17(15)2/h3-8,10H,9,11-12H2,1-2H3/q+1. The Morgan fingerprint density at radius 3 is 2.89 bits per heavy atom. The van der Waals surface area contributed by atoms with Crippen LogP contribution in [-0.4, -0.2) is 13.3 Å². The van der Waals surface area contributed by atoms with Gasteiger partial charge >= 0.3 is 0 Å². The summed E-state index contributed by atoms with van der Waals surface area (Å²) in [6, 6.07) is 12.7. The number of para-hydroxylation sites is 1. The lowest BCUT2D eigenvalue weighted by Gasteiger charge is -2.19. The third-order valence-corrected chi connectivity index (χ3v) is 3.63. The van der Waals surface area contributed by atoms with Crippen molar-refractivity contribution in [2.75, 3.05) is 18.2 Å². The second-order valence-corrected chi connectivity index (χ2v) is 4.97. The minimum Gasteiger partial charge on any atom is -0.341 e. The van der Waals surface area contributed by atoms with Crippen LogP contribution in [0.2, 0.25) is 0 Å². The van der Waals surface area contributed by atoms with E-state index in [0.717, 1.165) is 18.8 Å². The molecule has 1 aromatic heterocycles. The number of aryl methyl sites for hydroxylation is 2. The van der Waals surface area contributed by atoms with Crippen LogP contribution in [0.4, 0.5) is 11.5 Å². The van der Waals surface area contributed by atoms with Crippen molar-refractivity contribution < 1.29 is 9.30 Å². The summed E-state index contributed by atoms with van der Waals surface area (Å²) in [4.78, 5) is 2.26. The SMILES string of the molecule is Cc1cccc2c1N(c1cccc[n+]1C)COCC2. The molecular weight excluding hydrogens is 236 g/mol. The third-order valence-electron chi connectivity index (χ3n) is 3.63. The van der Waals surface area contributed by atoms with E-state index in [4.69, 9.17) is 4.74 Å². The Morgan fingerprint density at radius 2 is 2.05 bits per heavy atom. The van der Waals surface area contributed by atoms with Gasteiger partial charge in [0, 0.05) is 18.1 Å². The minimum atomic E-state index is 0.607. The Morgan fingerprint density at radius 1 is 1.16 bits per heavy atom. The van der Waals surface area contributed by atoms with Crippen molar-refractivity contribution in [1.82, 2.24) is 0 Å². The first-order valence-corrected chi connectivity index (χ1v) is 6.66. The van der Waals surface area contributed by atoms with Gasteiger partial charge in [-0.05, 0) is 18.6 Å². The molecule has 0 fully saturated rings. The predicted octanol–water partition coefficient (Wildman–Crippen LogP) is 2.49. The zero-order chi connectivity index (χ0) is 13.2. The van der Waals surface area contributed by atoms with Gasteiger partial charge in [-0.2, -0.15) is 0 Å². The maximum absolute atomic E-state index is 5.77. The number of anilines is 2. The fraction of sp³-hybridized carbons (Fsp3) is 0.312. The average molecular weight is 255 g/mol. The zero-order valence-electron chi connectivity index (χ0n) is 11.5. The highest BCUT2D eigenvalue weighted by atomic mass is 16.5. The number of ether oxygens (including phenoxy) is 1. The summed E-state index contributed by atoms with van der Waals surface area (Å²) in [6.45, 7) is 3.55. The van der Waals surface area contributed by atoms with Crippen LogP contribution in [0.15, 0.2) is 42.6 Å². The monoisotopic (exact) mass is 255 g/mol. The number of hydrogen-bond acceptors (Lipinski definition) is 2. The lowest BCUT2D eigenvalue weighted by molar-refractivity contribution is -0.658. The lowest BCUT2D eigenvalue weighted by atomic mass is 10.0. The first-order chi connectivity index (χ1) is 9.27. The van der Waals surface area contributed by atoms with E-state index in [2.05, 4.69) is 60.0 Å². The smallest absolute Gasteiger partial charge is 0.283 e. The summed E-state index contributed by atoms with van der Waals surface area (Å²) in [5.41, 5.74) is 3.95. The van der Waals surface area contributed by atoms with Gasteiger partial charge in [0.15, 0.2) is 6.73 Å². The number of rotatable bonds is 1. The van der Waals surface area contributed by atoms with Crippen LogP contribution in [0.3, 0.4) is 0 Å². The van der Waals surface area contributed by atoms with Gasteiger partial charge in [-0.25, -0.2) is 9.47 Å². The van der Waals surface area contributed by atoms with Crippen molar-refractivity contribution in [2.45, 2.75) is 13.3 Å². The van der Waals surface area contributed by atoms with Gasteiger partial charge < -0.3 is 4.74 Å². The first-order valence-electron chi connectivity index (χ1n) is 6.66. The van der Waals surface area contributed by atoms with E-state index in [-0.39, 0.29) is 0 Å². The Kier molecular flexibility index (Phi) is 3.22. The summed E-state index contributed by atoms with van der Waals surface area (Å²) < 4.78 is 7.90. The van der Waals surface area contributed by atoms with Crippen molar-refractivity contribution in [1.29, 1.82) is 0 Å². The highest BCUT2D eigenvalue weighted by Gasteiger charge is 2.27. The molecule has 19 heavy (non-hydrogen) atoms. The summed E-state index contributed by atoms with van der Waals surface area (Å²) in [5, 5.41) is 0. The molecule has 0 aliphatic carbocycles. The van der Waals surface area contributed by atoms with Crippen molar-refractivity contribution in [3.05, 3.63) is 53.7 Å². The second-order valence-electron chi connectivity index (χ2n) is 4.97. The molecule has 2 aromatic rings. The van der Waals surface area contributed by atoms with Gasteiger partial charge in [0.25, 0.3) is 5.82 Å². The van der Waals surface area contributed by atoms with Crippen LogP contribution < -0.4 is 9.47 Å². The molecule has 3 nitrogen and oxygen atoms in total. The Bertz CT molecular complexity index is 595. The molecule has 0 radical (unpaired) electrons. The number of benzene rings is 1. The lowest BCUT2D eigenvalue weighted by Crippen LogP contribution is -2.37. The Balaban J connectivity index is 2.16. The van der Waals surface area contributed by atoms with E-state index >= 15 is 0 Å². The van der Waals surface area contributed by atoms with Gasteiger partial charge in [0.1, 0.15) is 5.69 Å². The molecule has 0 saturated carbocycles. The second kappa shape index (κ2) is 5.02. The Hall–Kier alpha value is -1.87. The molecule has 1 aliphatic heterocycles. The molecule has 3 rings (SSSR count). The van der Waals surface area contributed by atoms with Gasteiger partial charge in [-0.15, -0.1) is 0 Å². The molecule has 2 heterocycles. The average Bonchev–Trinajstić information content (AvgIpc) is 2.63. The van der Waals surface area contributed by atoms with E-state index in [0.29, 0.717) is 6.73 Å². The van der Waals surface area contributed by atoms with Gasteiger partial charge in [-0.1, -0.05) is 24.3 Å². The molecule has 3 heteroatoms. The molecule has 0 N–H and O–H groups in total. The first kappa shape index (κ1) is 12.2. The number of fused-ring (bicyclic) bond motifs is 1. The fourth-order valence-corrected chi connectivity index (χ4v) is 2.69. The van der Waals surface area contributed by atoms with Crippen molar-refractivity contribution >= 4 is 11.5 Å². The van der Waals surface area contributed by atoms with E-state index in [1.165, 1.54) is 16.8 Å². The third kappa shape index (κ3) is 2.22. The van der Waals surface area contributed by atoms with Crippen LogP contribution in [0.5, 0.6) is 0 Å². The molecule has 0 unspecified atom stereocenters. The molecule has 0 amide bonds. The van der Waals surface area contributed by atoms with Crippen LogP contribution in [0.1, 0.15) is 11.1 Å². The van der Waals surface area contributed by atoms with E-state index < -0.39 is 0 Å². The highest BCUT2D eigenvalue weighted by Crippen LogP contribution is 2.32.